The molecule has 0 amide bonds. The molecule has 0 saturated heterocycles. The number of allylic oxidation sites excluding steroid dienone is 2. The minimum Gasteiger partial charge on any atom is -0.462 e. The Morgan fingerprint density at radius 1 is 1.30 bits per heavy atom. The van der Waals surface area contributed by atoms with Crippen LogP contribution in [0.15, 0.2) is 36.4 Å². The van der Waals surface area contributed by atoms with E-state index in [1.807, 2.05) is 31.2 Å². The van der Waals surface area contributed by atoms with Gasteiger partial charge in [-0.15, -0.1) is 0 Å². The standard InChI is InChI=1S/C17H21NO2/c1-2-20-17(19)15-5-3-4-6-16(15)18-11-14-10-12-7-8-13(14)9-12/h3-8,12-14,18H,2,9-11H2,1H3. The van der Waals surface area contributed by atoms with Crippen molar-refractivity contribution >= 4 is 11.7 Å². The number of carbonyl (C=O) groups excluding carboxylic acids is 1. The Bertz CT molecular complexity index is 523. The fraction of sp³-hybridized carbons (Fsp3) is 0.471. The molecule has 2 bridgehead atoms. The number of rotatable bonds is 5. The van der Waals surface area contributed by atoms with Crippen molar-refractivity contribution in [3.63, 3.8) is 0 Å². The van der Waals surface area contributed by atoms with Gasteiger partial charge in [0.15, 0.2) is 0 Å². The van der Waals surface area contributed by atoms with Crippen molar-refractivity contribution in [2.24, 2.45) is 17.8 Å². The van der Waals surface area contributed by atoms with Gasteiger partial charge in [0.25, 0.3) is 0 Å². The summed E-state index contributed by atoms with van der Waals surface area (Å²) in [5, 5.41) is 3.44. The fourth-order valence-electron chi connectivity index (χ4n) is 3.39. The lowest BCUT2D eigenvalue weighted by atomic mass is 9.93. The van der Waals surface area contributed by atoms with E-state index in [0.29, 0.717) is 18.1 Å². The van der Waals surface area contributed by atoms with E-state index in [4.69, 9.17) is 4.74 Å². The third-order valence-corrected chi connectivity index (χ3v) is 4.39. The molecule has 1 N–H and O–H groups in total. The second-order valence-corrected chi connectivity index (χ2v) is 5.69. The van der Waals surface area contributed by atoms with Gasteiger partial charge in [0.1, 0.15) is 0 Å². The smallest absolute Gasteiger partial charge is 0.340 e. The lowest BCUT2D eigenvalue weighted by Gasteiger charge is -2.20. The van der Waals surface area contributed by atoms with Crippen molar-refractivity contribution in [2.45, 2.75) is 19.8 Å². The summed E-state index contributed by atoms with van der Waals surface area (Å²) in [5.74, 6) is 1.96. The first kappa shape index (κ1) is 13.2. The number of carbonyl (C=O) groups is 1. The highest BCUT2D eigenvalue weighted by Gasteiger charge is 2.35. The summed E-state index contributed by atoms with van der Waals surface area (Å²) in [6.45, 7) is 3.17. The Morgan fingerprint density at radius 2 is 2.15 bits per heavy atom. The first-order chi connectivity index (χ1) is 9.78. The SMILES string of the molecule is CCOC(=O)c1ccccc1NCC1CC2C=CC1C2. The second-order valence-electron chi connectivity index (χ2n) is 5.69. The summed E-state index contributed by atoms with van der Waals surface area (Å²) in [7, 11) is 0. The molecule has 3 rings (SSSR count). The lowest BCUT2D eigenvalue weighted by Crippen LogP contribution is -2.19. The van der Waals surface area contributed by atoms with Crippen molar-refractivity contribution in [1.82, 2.24) is 0 Å². The van der Waals surface area contributed by atoms with Gasteiger partial charge in [0, 0.05) is 12.2 Å². The number of para-hydroxylation sites is 1. The van der Waals surface area contributed by atoms with E-state index >= 15 is 0 Å². The van der Waals surface area contributed by atoms with Gasteiger partial charge in [-0.25, -0.2) is 4.79 Å². The highest BCUT2D eigenvalue weighted by atomic mass is 16.5. The van der Waals surface area contributed by atoms with Gasteiger partial charge < -0.3 is 10.1 Å². The molecular weight excluding hydrogens is 250 g/mol. The number of hydrogen-bond donors (Lipinski definition) is 1. The van der Waals surface area contributed by atoms with Crippen LogP contribution in [0.5, 0.6) is 0 Å². The van der Waals surface area contributed by atoms with Crippen LogP contribution in [-0.2, 0) is 4.74 Å². The molecule has 1 aromatic carbocycles. The molecule has 1 fully saturated rings. The zero-order chi connectivity index (χ0) is 13.9. The first-order valence-electron chi connectivity index (χ1n) is 7.46. The molecule has 3 unspecified atom stereocenters. The molecule has 20 heavy (non-hydrogen) atoms. The Kier molecular flexibility index (Phi) is 3.77. The van der Waals surface area contributed by atoms with Gasteiger partial charge >= 0.3 is 5.97 Å². The van der Waals surface area contributed by atoms with Crippen molar-refractivity contribution in [3.05, 3.63) is 42.0 Å². The van der Waals surface area contributed by atoms with Crippen LogP contribution in [-0.4, -0.2) is 19.1 Å². The van der Waals surface area contributed by atoms with Crippen LogP contribution in [0.3, 0.4) is 0 Å². The van der Waals surface area contributed by atoms with Gasteiger partial charge in [0.05, 0.1) is 12.2 Å². The normalized spacial score (nSPS) is 26.8. The van der Waals surface area contributed by atoms with E-state index in [-0.39, 0.29) is 5.97 Å². The number of anilines is 1. The zero-order valence-electron chi connectivity index (χ0n) is 11.8. The van der Waals surface area contributed by atoms with Gasteiger partial charge in [-0.05, 0) is 49.7 Å². The van der Waals surface area contributed by atoms with Gasteiger partial charge in [-0.2, -0.15) is 0 Å². The van der Waals surface area contributed by atoms with E-state index in [0.717, 1.165) is 24.1 Å². The molecule has 1 aromatic rings. The van der Waals surface area contributed by atoms with Crippen molar-refractivity contribution in [1.29, 1.82) is 0 Å². The molecule has 106 valence electrons. The summed E-state index contributed by atoms with van der Waals surface area (Å²) >= 11 is 0. The summed E-state index contributed by atoms with van der Waals surface area (Å²) in [6.07, 6.45) is 7.30. The molecule has 3 heteroatoms. The van der Waals surface area contributed by atoms with E-state index < -0.39 is 0 Å². The molecule has 0 aliphatic heterocycles. The quantitative estimate of drug-likeness (QED) is 0.658. The molecule has 0 radical (unpaired) electrons. The largest absolute Gasteiger partial charge is 0.462 e. The van der Waals surface area contributed by atoms with Crippen LogP contribution in [0.25, 0.3) is 0 Å². The molecule has 0 aromatic heterocycles. The van der Waals surface area contributed by atoms with Gasteiger partial charge in [0.2, 0.25) is 0 Å². The van der Waals surface area contributed by atoms with Crippen molar-refractivity contribution < 1.29 is 9.53 Å². The van der Waals surface area contributed by atoms with Crippen LogP contribution in [0, 0.1) is 17.8 Å². The lowest BCUT2D eigenvalue weighted by molar-refractivity contribution is 0.0527. The molecule has 2 aliphatic rings. The summed E-state index contributed by atoms with van der Waals surface area (Å²) in [4.78, 5) is 11.9. The predicted molar refractivity (Wildman–Crippen MR) is 79.7 cm³/mol. The molecule has 3 atom stereocenters. The molecule has 0 spiro atoms. The molecule has 3 nitrogen and oxygen atoms in total. The summed E-state index contributed by atoms with van der Waals surface area (Å²) < 4.78 is 5.10. The monoisotopic (exact) mass is 271 g/mol. The van der Waals surface area contributed by atoms with Crippen molar-refractivity contribution in [2.75, 3.05) is 18.5 Å². The van der Waals surface area contributed by atoms with Crippen LogP contribution in [0.4, 0.5) is 5.69 Å². The maximum atomic E-state index is 11.9. The van der Waals surface area contributed by atoms with Crippen LogP contribution >= 0.6 is 0 Å². The highest BCUT2D eigenvalue weighted by molar-refractivity contribution is 5.95. The molecule has 2 aliphatic carbocycles. The van der Waals surface area contributed by atoms with E-state index in [9.17, 15) is 4.79 Å². The van der Waals surface area contributed by atoms with E-state index in [2.05, 4.69) is 17.5 Å². The number of benzene rings is 1. The third kappa shape index (κ3) is 2.58. The zero-order valence-corrected chi connectivity index (χ0v) is 11.8. The third-order valence-electron chi connectivity index (χ3n) is 4.39. The molecule has 1 saturated carbocycles. The average Bonchev–Trinajstić information content (AvgIpc) is 3.08. The number of esters is 1. The van der Waals surface area contributed by atoms with Gasteiger partial charge in [-0.3, -0.25) is 0 Å². The Morgan fingerprint density at radius 3 is 2.85 bits per heavy atom. The highest BCUT2D eigenvalue weighted by Crippen LogP contribution is 2.43. The predicted octanol–water partition coefficient (Wildman–Crippen LogP) is 3.49. The summed E-state index contributed by atoms with van der Waals surface area (Å²) in [5.41, 5.74) is 1.52. The minimum absolute atomic E-state index is 0.247. The van der Waals surface area contributed by atoms with E-state index in [1.54, 1.807) is 0 Å². The summed E-state index contributed by atoms with van der Waals surface area (Å²) in [6, 6.07) is 7.60. The molecular formula is C17H21NO2. The maximum absolute atomic E-state index is 11.9. The van der Waals surface area contributed by atoms with E-state index in [1.165, 1.54) is 12.8 Å². The minimum atomic E-state index is -0.247. The topological polar surface area (TPSA) is 38.3 Å². The maximum Gasteiger partial charge on any atom is 0.340 e. The average molecular weight is 271 g/mol. The van der Waals surface area contributed by atoms with Crippen LogP contribution < -0.4 is 5.32 Å². The molecule has 0 heterocycles. The van der Waals surface area contributed by atoms with Gasteiger partial charge in [-0.1, -0.05) is 24.3 Å². The van der Waals surface area contributed by atoms with Crippen LogP contribution in [0.2, 0.25) is 0 Å². The first-order valence-corrected chi connectivity index (χ1v) is 7.46. The Hall–Kier alpha value is -1.77. The Labute approximate surface area is 120 Å². The van der Waals surface area contributed by atoms with Crippen LogP contribution in [0.1, 0.15) is 30.1 Å². The number of hydrogen-bond acceptors (Lipinski definition) is 3. The second kappa shape index (κ2) is 5.70. The number of nitrogens with one attached hydrogen (secondary N) is 1. The Balaban J connectivity index is 1.65. The number of ether oxygens (including phenoxy) is 1. The number of fused-ring (bicyclic) bond motifs is 2. The van der Waals surface area contributed by atoms with Crippen molar-refractivity contribution in [3.8, 4) is 0 Å². The fourth-order valence-corrected chi connectivity index (χ4v) is 3.39.